The van der Waals surface area contributed by atoms with Crippen LogP contribution in [0.1, 0.15) is 23.4 Å². The van der Waals surface area contributed by atoms with Gasteiger partial charge >= 0.3 is 0 Å². The Morgan fingerprint density at radius 3 is 2.91 bits per heavy atom. The molecule has 2 aromatic rings. The van der Waals surface area contributed by atoms with Crippen molar-refractivity contribution in [2.24, 2.45) is 5.92 Å². The topological polar surface area (TPSA) is 63.5 Å². The summed E-state index contributed by atoms with van der Waals surface area (Å²) < 4.78 is 11.0. The maximum atomic E-state index is 12.1. The number of amides is 1. The molecule has 2 heterocycles. The van der Waals surface area contributed by atoms with Gasteiger partial charge in [0.25, 0.3) is 11.9 Å². The molecule has 0 spiro atoms. The van der Waals surface area contributed by atoms with E-state index in [1.54, 1.807) is 12.1 Å². The van der Waals surface area contributed by atoms with E-state index in [9.17, 15) is 4.79 Å². The van der Waals surface area contributed by atoms with Crippen molar-refractivity contribution < 1.29 is 13.9 Å². The molecule has 1 atom stereocenters. The highest BCUT2D eigenvalue weighted by Gasteiger charge is 2.16. The SMILES string of the molecule is O=C(NCC1CCCNC1)c1ccc(Oc2ccccc2)o1. The van der Waals surface area contributed by atoms with Gasteiger partial charge in [-0.15, -0.1) is 0 Å². The number of ether oxygens (including phenoxy) is 1. The van der Waals surface area contributed by atoms with E-state index in [0.29, 0.717) is 24.2 Å². The fourth-order valence-electron chi connectivity index (χ4n) is 2.52. The van der Waals surface area contributed by atoms with Crippen LogP contribution in [0.3, 0.4) is 0 Å². The zero-order chi connectivity index (χ0) is 15.2. The van der Waals surface area contributed by atoms with Gasteiger partial charge in [-0.2, -0.15) is 0 Å². The van der Waals surface area contributed by atoms with E-state index in [-0.39, 0.29) is 11.7 Å². The van der Waals surface area contributed by atoms with Gasteiger partial charge in [-0.3, -0.25) is 4.79 Å². The maximum Gasteiger partial charge on any atom is 0.290 e. The number of nitrogens with one attached hydrogen (secondary N) is 2. The summed E-state index contributed by atoms with van der Waals surface area (Å²) in [6, 6.07) is 12.6. The molecular formula is C17H20N2O3. The van der Waals surface area contributed by atoms with E-state index in [1.165, 1.54) is 0 Å². The molecule has 1 saturated heterocycles. The number of carbonyl (C=O) groups is 1. The number of para-hydroxylation sites is 1. The Balaban J connectivity index is 1.52. The van der Waals surface area contributed by atoms with Gasteiger partial charge in [-0.05, 0) is 50.0 Å². The molecule has 1 aliphatic rings. The molecule has 5 nitrogen and oxygen atoms in total. The van der Waals surface area contributed by atoms with Gasteiger partial charge in [0, 0.05) is 12.6 Å². The molecule has 0 saturated carbocycles. The standard InChI is InChI=1S/C17H20N2O3/c20-17(19-12-13-5-4-10-18-11-13)15-8-9-16(22-15)21-14-6-2-1-3-7-14/h1-3,6-9,13,18H,4-5,10-12H2,(H,19,20). The summed E-state index contributed by atoms with van der Waals surface area (Å²) in [5.41, 5.74) is 0. The zero-order valence-electron chi connectivity index (χ0n) is 12.4. The van der Waals surface area contributed by atoms with Gasteiger partial charge in [0.05, 0.1) is 0 Å². The smallest absolute Gasteiger partial charge is 0.290 e. The number of piperidine rings is 1. The number of carbonyl (C=O) groups excluding carboxylic acids is 1. The van der Waals surface area contributed by atoms with Crippen LogP contribution in [-0.2, 0) is 0 Å². The molecule has 1 amide bonds. The summed E-state index contributed by atoms with van der Waals surface area (Å²) in [6.45, 7) is 2.70. The minimum absolute atomic E-state index is 0.200. The van der Waals surface area contributed by atoms with Crippen molar-refractivity contribution in [1.82, 2.24) is 10.6 Å². The van der Waals surface area contributed by atoms with Gasteiger partial charge in [-0.25, -0.2) is 0 Å². The highest BCUT2D eigenvalue weighted by Crippen LogP contribution is 2.23. The van der Waals surface area contributed by atoms with E-state index in [1.807, 2.05) is 30.3 Å². The quantitative estimate of drug-likeness (QED) is 0.891. The number of hydrogen-bond acceptors (Lipinski definition) is 4. The second kappa shape index (κ2) is 7.13. The van der Waals surface area contributed by atoms with Crippen LogP contribution < -0.4 is 15.4 Å². The Bertz CT molecular complexity index is 603. The van der Waals surface area contributed by atoms with Gasteiger partial charge in [0.1, 0.15) is 5.75 Å². The molecule has 2 N–H and O–H groups in total. The molecule has 3 rings (SSSR count). The Morgan fingerprint density at radius 1 is 1.27 bits per heavy atom. The van der Waals surface area contributed by atoms with Crippen LogP contribution in [-0.4, -0.2) is 25.5 Å². The monoisotopic (exact) mass is 300 g/mol. The van der Waals surface area contributed by atoms with Gasteiger partial charge in [-0.1, -0.05) is 18.2 Å². The van der Waals surface area contributed by atoms with Crippen LogP contribution >= 0.6 is 0 Å². The van der Waals surface area contributed by atoms with E-state index in [0.717, 1.165) is 25.9 Å². The fourth-order valence-corrected chi connectivity index (χ4v) is 2.52. The minimum Gasteiger partial charge on any atom is -0.426 e. The van der Waals surface area contributed by atoms with E-state index in [4.69, 9.17) is 9.15 Å². The molecule has 116 valence electrons. The lowest BCUT2D eigenvalue weighted by molar-refractivity contribution is 0.0912. The third-order valence-electron chi connectivity index (χ3n) is 3.72. The lowest BCUT2D eigenvalue weighted by Gasteiger charge is -2.22. The second-order valence-electron chi connectivity index (χ2n) is 5.46. The lowest BCUT2D eigenvalue weighted by Crippen LogP contribution is -2.38. The van der Waals surface area contributed by atoms with Gasteiger partial charge < -0.3 is 19.8 Å². The molecule has 0 aliphatic carbocycles. The van der Waals surface area contributed by atoms with Crippen LogP contribution in [0.5, 0.6) is 11.7 Å². The average molecular weight is 300 g/mol. The molecule has 1 unspecified atom stereocenters. The Kier molecular flexibility index (Phi) is 4.75. The number of hydrogen-bond donors (Lipinski definition) is 2. The van der Waals surface area contributed by atoms with Crippen LogP contribution in [0, 0.1) is 5.92 Å². The summed E-state index contributed by atoms with van der Waals surface area (Å²) in [7, 11) is 0. The van der Waals surface area contributed by atoms with Crippen LogP contribution in [0.15, 0.2) is 46.9 Å². The van der Waals surface area contributed by atoms with Crippen molar-refractivity contribution in [2.75, 3.05) is 19.6 Å². The number of furan rings is 1. The van der Waals surface area contributed by atoms with Crippen LogP contribution in [0.25, 0.3) is 0 Å². The Morgan fingerprint density at radius 2 is 2.14 bits per heavy atom. The largest absolute Gasteiger partial charge is 0.426 e. The first-order valence-electron chi connectivity index (χ1n) is 7.63. The minimum atomic E-state index is -0.200. The highest BCUT2D eigenvalue weighted by molar-refractivity contribution is 5.91. The van der Waals surface area contributed by atoms with Crippen molar-refractivity contribution in [1.29, 1.82) is 0 Å². The van der Waals surface area contributed by atoms with Crippen molar-refractivity contribution in [3.05, 3.63) is 48.2 Å². The molecule has 1 aliphatic heterocycles. The second-order valence-corrected chi connectivity index (χ2v) is 5.46. The fraction of sp³-hybridized carbons (Fsp3) is 0.353. The lowest BCUT2D eigenvalue weighted by atomic mass is 10.00. The predicted octanol–water partition coefficient (Wildman–Crippen LogP) is 2.80. The molecule has 1 aromatic carbocycles. The first-order valence-corrected chi connectivity index (χ1v) is 7.63. The molecule has 1 aromatic heterocycles. The molecule has 5 heteroatoms. The van der Waals surface area contributed by atoms with Crippen molar-refractivity contribution in [3.8, 4) is 11.7 Å². The van der Waals surface area contributed by atoms with E-state index < -0.39 is 0 Å². The third kappa shape index (κ3) is 3.89. The summed E-state index contributed by atoms with van der Waals surface area (Å²) >= 11 is 0. The summed E-state index contributed by atoms with van der Waals surface area (Å²) in [4.78, 5) is 12.1. The first-order chi connectivity index (χ1) is 10.8. The van der Waals surface area contributed by atoms with E-state index in [2.05, 4.69) is 10.6 Å². The molecule has 22 heavy (non-hydrogen) atoms. The zero-order valence-corrected chi connectivity index (χ0v) is 12.4. The maximum absolute atomic E-state index is 12.1. The summed E-state index contributed by atoms with van der Waals surface area (Å²) in [5.74, 6) is 1.56. The Hall–Kier alpha value is -2.27. The van der Waals surface area contributed by atoms with Crippen molar-refractivity contribution >= 4 is 5.91 Å². The van der Waals surface area contributed by atoms with Gasteiger partial charge in [0.2, 0.25) is 0 Å². The van der Waals surface area contributed by atoms with E-state index >= 15 is 0 Å². The normalized spacial score (nSPS) is 17.9. The molecule has 1 fully saturated rings. The average Bonchev–Trinajstić information content (AvgIpc) is 3.03. The molecule has 0 bridgehead atoms. The first kappa shape index (κ1) is 14.7. The molecule has 0 radical (unpaired) electrons. The Labute approximate surface area is 129 Å². The highest BCUT2D eigenvalue weighted by atomic mass is 16.6. The number of benzene rings is 1. The molecular weight excluding hydrogens is 280 g/mol. The van der Waals surface area contributed by atoms with Gasteiger partial charge in [0.15, 0.2) is 5.76 Å². The number of rotatable bonds is 5. The summed E-state index contributed by atoms with van der Waals surface area (Å²) in [6.07, 6.45) is 2.31. The predicted molar refractivity (Wildman–Crippen MR) is 83.2 cm³/mol. The summed E-state index contributed by atoms with van der Waals surface area (Å²) in [5, 5.41) is 6.25. The van der Waals surface area contributed by atoms with Crippen molar-refractivity contribution in [2.45, 2.75) is 12.8 Å². The third-order valence-corrected chi connectivity index (χ3v) is 3.72. The van der Waals surface area contributed by atoms with Crippen LogP contribution in [0.2, 0.25) is 0 Å². The van der Waals surface area contributed by atoms with Crippen molar-refractivity contribution in [3.63, 3.8) is 0 Å². The van der Waals surface area contributed by atoms with Crippen LogP contribution in [0.4, 0.5) is 0 Å².